The molecule has 17 heavy (non-hydrogen) atoms. The summed E-state index contributed by atoms with van der Waals surface area (Å²) in [6.07, 6.45) is 3.71. The van der Waals surface area contributed by atoms with Crippen LogP contribution in [-0.4, -0.2) is 29.9 Å². The number of carbonyl (C=O) groups is 1. The van der Waals surface area contributed by atoms with E-state index in [2.05, 4.69) is 20.8 Å². The van der Waals surface area contributed by atoms with Crippen LogP contribution >= 0.6 is 0 Å². The summed E-state index contributed by atoms with van der Waals surface area (Å²) in [5, 5.41) is 0. The fourth-order valence-corrected chi connectivity index (χ4v) is 2.50. The van der Waals surface area contributed by atoms with Crippen LogP contribution in [0.4, 0.5) is 0 Å². The van der Waals surface area contributed by atoms with E-state index in [1.54, 1.807) is 0 Å². The highest BCUT2D eigenvalue weighted by Crippen LogP contribution is 2.34. The van der Waals surface area contributed by atoms with E-state index in [0.717, 1.165) is 38.3 Å². The minimum atomic E-state index is 0.131. The number of carbonyl (C=O) groups excluding carboxylic acids is 1. The second-order valence-electron chi connectivity index (χ2n) is 6.54. The summed E-state index contributed by atoms with van der Waals surface area (Å²) in [4.78, 5) is 13.9. The maximum absolute atomic E-state index is 11.9. The van der Waals surface area contributed by atoms with Crippen molar-refractivity contribution in [2.24, 2.45) is 17.1 Å². The van der Waals surface area contributed by atoms with Gasteiger partial charge < -0.3 is 10.6 Å². The van der Waals surface area contributed by atoms with E-state index in [1.165, 1.54) is 0 Å². The van der Waals surface area contributed by atoms with E-state index in [-0.39, 0.29) is 11.9 Å². The molecule has 0 saturated carbocycles. The van der Waals surface area contributed by atoms with Crippen LogP contribution < -0.4 is 5.73 Å². The molecule has 0 spiro atoms. The zero-order valence-electron chi connectivity index (χ0n) is 11.8. The minimum Gasteiger partial charge on any atom is -0.343 e. The molecule has 3 heteroatoms. The predicted molar refractivity (Wildman–Crippen MR) is 71.6 cm³/mol. The lowest BCUT2D eigenvalue weighted by Crippen LogP contribution is -2.41. The summed E-state index contributed by atoms with van der Waals surface area (Å²) in [5.41, 5.74) is 6.05. The van der Waals surface area contributed by atoms with Gasteiger partial charge in [0.1, 0.15) is 0 Å². The molecule has 1 atom stereocenters. The lowest BCUT2D eigenvalue weighted by molar-refractivity contribution is -0.133. The monoisotopic (exact) mass is 240 g/mol. The molecule has 0 radical (unpaired) electrons. The standard InChI is InChI=1S/C14H28N2O/c1-11(15)5-6-13(17)16-9-7-12(8-10-16)14(2,3)4/h11-12H,5-10,15H2,1-4H3. The van der Waals surface area contributed by atoms with Crippen molar-refractivity contribution in [3.63, 3.8) is 0 Å². The molecule has 3 nitrogen and oxygen atoms in total. The summed E-state index contributed by atoms with van der Waals surface area (Å²) in [6.45, 7) is 10.7. The first-order chi connectivity index (χ1) is 7.80. The van der Waals surface area contributed by atoms with Gasteiger partial charge >= 0.3 is 0 Å². The highest BCUT2D eigenvalue weighted by atomic mass is 16.2. The summed E-state index contributed by atoms with van der Waals surface area (Å²) < 4.78 is 0. The van der Waals surface area contributed by atoms with E-state index in [1.807, 2.05) is 11.8 Å². The zero-order valence-corrected chi connectivity index (χ0v) is 11.8. The fourth-order valence-electron chi connectivity index (χ4n) is 2.50. The van der Waals surface area contributed by atoms with Gasteiger partial charge in [0.15, 0.2) is 0 Å². The van der Waals surface area contributed by atoms with Gasteiger partial charge in [0, 0.05) is 25.6 Å². The molecule has 1 heterocycles. The number of piperidine rings is 1. The van der Waals surface area contributed by atoms with Crippen LogP contribution in [0, 0.1) is 11.3 Å². The van der Waals surface area contributed by atoms with Crippen molar-refractivity contribution >= 4 is 5.91 Å². The van der Waals surface area contributed by atoms with Crippen LogP contribution in [0.15, 0.2) is 0 Å². The Kier molecular flexibility index (Phi) is 4.99. The van der Waals surface area contributed by atoms with E-state index in [0.29, 0.717) is 11.8 Å². The molecule has 0 bridgehead atoms. The topological polar surface area (TPSA) is 46.3 Å². The third kappa shape index (κ3) is 4.66. The molecule has 0 aromatic carbocycles. The minimum absolute atomic E-state index is 0.131. The molecule has 1 unspecified atom stereocenters. The third-order valence-corrected chi connectivity index (χ3v) is 3.89. The second-order valence-corrected chi connectivity index (χ2v) is 6.54. The first-order valence-electron chi connectivity index (χ1n) is 6.84. The highest BCUT2D eigenvalue weighted by Gasteiger charge is 2.30. The summed E-state index contributed by atoms with van der Waals surface area (Å²) >= 11 is 0. The van der Waals surface area contributed by atoms with Gasteiger partial charge in [-0.3, -0.25) is 4.79 Å². The highest BCUT2D eigenvalue weighted by molar-refractivity contribution is 5.76. The number of nitrogens with two attached hydrogens (primary N) is 1. The Bertz CT molecular complexity index is 247. The maximum atomic E-state index is 11.9. The van der Waals surface area contributed by atoms with Gasteiger partial charge in [0.05, 0.1) is 0 Å². The van der Waals surface area contributed by atoms with Crippen molar-refractivity contribution in [1.29, 1.82) is 0 Å². The lowest BCUT2D eigenvalue weighted by Gasteiger charge is -2.38. The molecule has 1 aliphatic rings. The normalized spacial score (nSPS) is 20.4. The number of hydrogen-bond donors (Lipinski definition) is 1. The van der Waals surface area contributed by atoms with Gasteiger partial charge in [-0.1, -0.05) is 20.8 Å². The molecule has 0 aromatic rings. The molecule has 1 fully saturated rings. The molecular formula is C14H28N2O. The van der Waals surface area contributed by atoms with Gasteiger partial charge in [0.25, 0.3) is 0 Å². The molecule has 1 aliphatic heterocycles. The van der Waals surface area contributed by atoms with Crippen LogP contribution in [0.3, 0.4) is 0 Å². The van der Waals surface area contributed by atoms with Crippen LogP contribution in [0.25, 0.3) is 0 Å². The van der Waals surface area contributed by atoms with Crippen molar-refractivity contribution in [2.45, 2.75) is 59.4 Å². The number of rotatable bonds is 3. The van der Waals surface area contributed by atoms with E-state index in [4.69, 9.17) is 5.73 Å². The summed E-state index contributed by atoms with van der Waals surface area (Å²) in [6, 6.07) is 0.131. The number of likely N-dealkylation sites (tertiary alicyclic amines) is 1. The van der Waals surface area contributed by atoms with Crippen LogP contribution in [0.5, 0.6) is 0 Å². The van der Waals surface area contributed by atoms with E-state index in [9.17, 15) is 4.79 Å². The van der Waals surface area contributed by atoms with E-state index < -0.39 is 0 Å². The van der Waals surface area contributed by atoms with Gasteiger partial charge in [-0.25, -0.2) is 0 Å². The largest absolute Gasteiger partial charge is 0.343 e. The Labute approximate surface area is 106 Å². The molecule has 1 amide bonds. The quantitative estimate of drug-likeness (QED) is 0.823. The first-order valence-corrected chi connectivity index (χ1v) is 6.84. The average molecular weight is 240 g/mol. The lowest BCUT2D eigenvalue weighted by atomic mass is 9.75. The SMILES string of the molecule is CC(N)CCC(=O)N1CCC(C(C)(C)C)CC1. The first kappa shape index (κ1) is 14.5. The molecule has 0 aromatic heterocycles. The van der Waals surface area contributed by atoms with Crippen LogP contribution in [0.1, 0.15) is 53.4 Å². The van der Waals surface area contributed by atoms with Gasteiger partial charge in [0.2, 0.25) is 5.91 Å². The number of hydrogen-bond acceptors (Lipinski definition) is 2. The van der Waals surface area contributed by atoms with Crippen molar-refractivity contribution in [2.75, 3.05) is 13.1 Å². The van der Waals surface area contributed by atoms with Gasteiger partial charge in [-0.15, -0.1) is 0 Å². The van der Waals surface area contributed by atoms with Crippen molar-refractivity contribution in [3.05, 3.63) is 0 Å². The number of amides is 1. The summed E-state index contributed by atoms with van der Waals surface area (Å²) in [5.74, 6) is 1.04. The van der Waals surface area contributed by atoms with Gasteiger partial charge in [-0.05, 0) is 37.5 Å². The van der Waals surface area contributed by atoms with Crippen LogP contribution in [-0.2, 0) is 4.79 Å². The Balaban J connectivity index is 2.34. The molecule has 1 rings (SSSR count). The Morgan fingerprint density at radius 1 is 1.35 bits per heavy atom. The molecule has 100 valence electrons. The van der Waals surface area contributed by atoms with Crippen molar-refractivity contribution in [1.82, 2.24) is 4.90 Å². The molecule has 1 saturated heterocycles. The van der Waals surface area contributed by atoms with Crippen LogP contribution in [0.2, 0.25) is 0 Å². The maximum Gasteiger partial charge on any atom is 0.222 e. The molecular weight excluding hydrogens is 212 g/mol. The molecule has 2 N–H and O–H groups in total. The van der Waals surface area contributed by atoms with E-state index >= 15 is 0 Å². The van der Waals surface area contributed by atoms with Crippen molar-refractivity contribution in [3.8, 4) is 0 Å². The Morgan fingerprint density at radius 3 is 2.29 bits per heavy atom. The predicted octanol–water partition coefficient (Wildman–Crippen LogP) is 2.40. The smallest absolute Gasteiger partial charge is 0.222 e. The Morgan fingerprint density at radius 2 is 1.88 bits per heavy atom. The fraction of sp³-hybridized carbons (Fsp3) is 0.929. The zero-order chi connectivity index (χ0) is 13.1. The van der Waals surface area contributed by atoms with Gasteiger partial charge in [-0.2, -0.15) is 0 Å². The third-order valence-electron chi connectivity index (χ3n) is 3.89. The Hall–Kier alpha value is -0.570. The number of nitrogens with zero attached hydrogens (tertiary/aromatic N) is 1. The average Bonchev–Trinajstić information content (AvgIpc) is 2.25. The second kappa shape index (κ2) is 5.85. The molecule has 0 aliphatic carbocycles. The summed E-state index contributed by atoms with van der Waals surface area (Å²) in [7, 11) is 0. The van der Waals surface area contributed by atoms with Crippen molar-refractivity contribution < 1.29 is 4.79 Å².